The highest BCUT2D eigenvalue weighted by Crippen LogP contribution is 2.24. The minimum absolute atomic E-state index is 0.106. The second-order valence-corrected chi connectivity index (χ2v) is 11.1. The smallest absolute Gasteiger partial charge is 0.330 e. The number of allylic oxidation sites excluding steroid dienone is 1. The lowest BCUT2D eigenvalue weighted by Gasteiger charge is -2.18. The third-order valence-corrected chi connectivity index (χ3v) is 6.96. The molecule has 40 heavy (non-hydrogen) atoms. The predicted molar refractivity (Wildman–Crippen MR) is 159 cm³/mol. The van der Waals surface area contributed by atoms with E-state index in [1.165, 1.54) is 78.1 Å². The van der Waals surface area contributed by atoms with Gasteiger partial charge in [-0.1, -0.05) is 96.0 Å². The van der Waals surface area contributed by atoms with Gasteiger partial charge in [0, 0.05) is 18.9 Å². The Kier molecular flexibility index (Phi) is 28.0. The van der Waals surface area contributed by atoms with Crippen molar-refractivity contribution in [3.63, 3.8) is 0 Å². The number of aliphatic carboxylic acids is 2. The Labute approximate surface area is 243 Å². The minimum atomic E-state index is -0.709. The van der Waals surface area contributed by atoms with Crippen LogP contribution in [0.5, 0.6) is 0 Å². The number of methoxy groups -OCH3 is 2. The number of hydrogen-bond acceptors (Lipinski definition) is 6. The van der Waals surface area contributed by atoms with Gasteiger partial charge in [0.15, 0.2) is 0 Å². The summed E-state index contributed by atoms with van der Waals surface area (Å²) in [6.45, 7) is 3.57. The number of unbranched alkanes of at least 4 members (excludes halogenated alkanes) is 16. The maximum Gasteiger partial charge on any atom is 0.330 e. The summed E-state index contributed by atoms with van der Waals surface area (Å²) >= 11 is 0. The average Bonchev–Trinajstić information content (AvgIpc) is 2.91. The number of carbonyl (C=O) groups is 4. The van der Waals surface area contributed by atoms with Crippen LogP contribution < -0.4 is 0 Å². The molecule has 0 fully saturated rings. The van der Waals surface area contributed by atoms with E-state index in [-0.39, 0.29) is 11.9 Å². The molecule has 0 aliphatic carbocycles. The van der Waals surface area contributed by atoms with E-state index in [4.69, 9.17) is 10.2 Å². The molecule has 234 valence electrons. The van der Waals surface area contributed by atoms with Crippen molar-refractivity contribution in [2.75, 3.05) is 14.2 Å². The molecule has 8 heteroatoms. The molecule has 0 radical (unpaired) electrons. The van der Waals surface area contributed by atoms with Gasteiger partial charge in [-0.3, -0.25) is 14.4 Å². The van der Waals surface area contributed by atoms with E-state index in [0.29, 0.717) is 12.8 Å². The van der Waals surface area contributed by atoms with Crippen molar-refractivity contribution >= 4 is 23.9 Å². The molecule has 0 atom stereocenters. The van der Waals surface area contributed by atoms with Crippen molar-refractivity contribution < 1.29 is 38.9 Å². The third-order valence-electron chi connectivity index (χ3n) is 6.96. The molecule has 2 N–H and O–H groups in total. The summed E-state index contributed by atoms with van der Waals surface area (Å²) in [5.41, 5.74) is -0.593. The number of carboxylic acids is 2. The van der Waals surface area contributed by atoms with E-state index in [2.05, 4.69) is 9.47 Å². The summed E-state index contributed by atoms with van der Waals surface area (Å²) in [6.07, 6.45) is 24.9. The van der Waals surface area contributed by atoms with E-state index in [0.717, 1.165) is 64.2 Å². The number of hydrogen-bond donors (Lipinski definition) is 2. The molecule has 0 spiro atoms. The number of carboxylic acid groups (broad SMARTS) is 2. The van der Waals surface area contributed by atoms with Crippen LogP contribution in [-0.2, 0) is 28.7 Å². The average molecular weight is 571 g/mol. The van der Waals surface area contributed by atoms with Crippen molar-refractivity contribution in [3.05, 3.63) is 12.2 Å². The number of carbonyl (C=O) groups excluding carboxylic acids is 2. The molecule has 0 aliphatic heterocycles. The third kappa shape index (κ3) is 30.2. The van der Waals surface area contributed by atoms with Gasteiger partial charge in [0.2, 0.25) is 0 Å². The van der Waals surface area contributed by atoms with Crippen molar-refractivity contribution in [1.29, 1.82) is 0 Å². The lowest BCUT2D eigenvalue weighted by atomic mass is 9.87. The van der Waals surface area contributed by atoms with Crippen LogP contribution in [0.15, 0.2) is 12.2 Å². The Bertz CT molecular complexity index is 684. The highest BCUT2D eigenvalue weighted by atomic mass is 16.5. The van der Waals surface area contributed by atoms with E-state index < -0.39 is 17.4 Å². The minimum Gasteiger partial charge on any atom is -0.481 e. The largest absolute Gasteiger partial charge is 0.481 e. The maximum absolute atomic E-state index is 10.9. The zero-order valence-electron chi connectivity index (χ0n) is 25.8. The fraction of sp³-hybridized carbons (Fsp3) is 0.812. The second kappa shape index (κ2) is 28.2. The summed E-state index contributed by atoms with van der Waals surface area (Å²) in [4.78, 5) is 42.9. The first-order chi connectivity index (χ1) is 19.1. The van der Waals surface area contributed by atoms with E-state index in [1.54, 1.807) is 13.8 Å². The maximum atomic E-state index is 10.9. The molecular weight excluding hydrogens is 512 g/mol. The van der Waals surface area contributed by atoms with Gasteiger partial charge in [0.25, 0.3) is 0 Å². The topological polar surface area (TPSA) is 127 Å². The van der Waals surface area contributed by atoms with Crippen LogP contribution in [0.3, 0.4) is 0 Å². The monoisotopic (exact) mass is 570 g/mol. The van der Waals surface area contributed by atoms with E-state index >= 15 is 0 Å². The Hall–Kier alpha value is -2.38. The molecule has 0 amide bonds. The van der Waals surface area contributed by atoms with Crippen molar-refractivity contribution in [2.45, 2.75) is 149 Å². The van der Waals surface area contributed by atoms with Crippen molar-refractivity contribution in [1.82, 2.24) is 0 Å². The SMILES string of the molecule is CC(C)(CCCCCCCCCCCC(=O)O)C(=O)O.COC(=O)C=CCCCCCCCCCCC(=O)OC. The summed E-state index contributed by atoms with van der Waals surface area (Å²) in [5, 5.41) is 17.5. The molecule has 0 heterocycles. The van der Waals surface area contributed by atoms with Crippen molar-refractivity contribution in [2.24, 2.45) is 5.41 Å². The Balaban J connectivity index is 0. The lowest BCUT2D eigenvalue weighted by molar-refractivity contribution is -0.147. The predicted octanol–water partition coefficient (Wildman–Crippen LogP) is 8.26. The van der Waals surface area contributed by atoms with Gasteiger partial charge in [-0.25, -0.2) is 4.79 Å². The fourth-order valence-corrected chi connectivity index (χ4v) is 4.13. The van der Waals surface area contributed by atoms with Crippen LogP contribution in [0.2, 0.25) is 0 Å². The Morgan fingerprint density at radius 3 is 1.45 bits per heavy atom. The molecular formula is C32H58O8. The molecule has 8 nitrogen and oxygen atoms in total. The summed E-state index contributed by atoms with van der Waals surface area (Å²) in [6, 6.07) is 0. The summed E-state index contributed by atoms with van der Waals surface area (Å²) in [7, 11) is 2.82. The first-order valence-electron chi connectivity index (χ1n) is 15.3. The number of rotatable bonds is 25. The number of esters is 2. The van der Waals surface area contributed by atoms with Gasteiger partial charge in [0.1, 0.15) is 0 Å². The molecule has 0 rings (SSSR count). The first-order valence-corrected chi connectivity index (χ1v) is 15.3. The van der Waals surface area contributed by atoms with Gasteiger partial charge >= 0.3 is 23.9 Å². The van der Waals surface area contributed by atoms with Gasteiger partial charge in [-0.05, 0) is 46.0 Å². The van der Waals surface area contributed by atoms with Crippen LogP contribution in [0, 0.1) is 5.41 Å². The summed E-state index contributed by atoms with van der Waals surface area (Å²) in [5.74, 6) is -1.80. The normalized spacial score (nSPS) is 11.1. The second-order valence-electron chi connectivity index (χ2n) is 11.1. The first kappa shape index (κ1) is 39.8. The van der Waals surface area contributed by atoms with Crippen LogP contribution in [0.25, 0.3) is 0 Å². The molecule has 0 bridgehead atoms. The van der Waals surface area contributed by atoms with Crippen molar-refractivity contribution in [3.8, 4) is 0 Å². The zero-order valence-corrected chi connectivity index (χ0v) is 25.8. The molecule has 0 aliphatic rings. The van der Waals surface area contributed by atoms with Crippen LogP contribution in [-0.4, -0.2) is 48.3 Å². The highest BCUT2D eigenvalue weighted by molar-refractivity contribution is 5.81. The molecule has 0 saturated heterocycles. The van der Waals surface area contributed by atoms with E-state index in [1.807, 2.05) is 6.08 Å². The zero-order chi connectivity index (χ0) is 30.5. The van der Waals surface area contributed by atoms with Gasteiger partial charge in [-0.15, -0.1) is 0 Å². The molecule has 0 saturated carbocycles. The molecule has 0 aromatic carbocycles. The molecule has 0 aromatic heterocycles. The Morgan fingerprint density at radius 1 is 0.600 bits per heavy atom. The Morgan fingerprint density at radius 2 is 1.02 bits per heavy atom. The lowest BCUT2D eigenvalue weighted by Crippen LogP contribution is -2.23. The molecule has 0 unspecified atom stereocenters. The van der Waals surface area contributed by atoms with Gasteiger partial charge in [-0.2, -0.15) is 0 Å². The van der Waals surface area contributed by atoms with Crippen LogP contribution in [0.1, 0.15) is 149 Å². The van der Waals surface area contributed by atoms with E-state index in [9.17, 15) is 19.2 Å². The van der Waals surface area contributed by atoms with Crippen LogP contribution >= 0.6 is 0 Å². The molecule has 0 aromatic rings. The van der Waals surface area contributed by atoms with Gasteiger partial charge in [0.05, 0.1) is 19.6 Å². The van der Waals surface area contributed by atoms with Crippen LogP contribution in [0.4, 0.5) is 0 Å². The summed E-state index contributed by atoms with van der Waals surface area (Å²) < 4.78 is 9.10. The number of ether oxygens (including phenoxy) is 2. The highest BCUT2D eigenvalue weighted by Gasteiger charge is 2.25. The standard InChI is InChI=1S/C16H30O4.C16H28O4/c1-16(2,15(19)20)13-11-9-7-5-3-4-6-8-10-12-14(17)18;1-19-15(17)13-11-9-7-5-3-4-6-8-10-12-14-16(18)20-2/h3-13H2,1-2H3,(H,17,18)(H,19,20);11,13H,3-10,12,14H2,1-2H3. The fourth-order valence-electron chi connectivity index (χ4n) is 4.13. The quantitative estimate of drug-likeness (QED) is 0.0638. The van der Waals surface area contributed by atoms with Gasteiger partial charge < -0.3 is 19.7 Å².